The van der Waals surface area contributed by atoms with E-state index in [-0.39, 0.29) is 30.7 Å². The van der Waals surface area contributed by atoms with Crippen molar-refractivity contribution in [2.45, 2.75) is 46.6 Å². The van der Waals surface area contributed by atoms with Crippen LogP contribution in [0.2, 0.25) is 0 Å². The molecule has 1 atom stereocenters. The number of nitrogens with zero attached hydrogens (tertiary/aromatic N) is 1. The van der Waals surface area contributed by atoms with Crippen molar-refractivity contribution in [1.82, 2.24) is 5.32 Å². The van der Waals surface area contributed by atoms with E-state index in [1.807, 2.05) is 44.2 Å². The molecular formula is C31H35N3O4. The van der Waals surface area contributed by atoms with Crippen molar-refractivity contribution < 1.29 is 19.1 Å². The summed E-state index contributed by atoms with van der Waals surface area (Å²) >= 11 is 0. The second-order valence-electron chi connectivity index (χ2n) is 10.1. The molecule has 3 aromatic rings. The highest BCUT2D eigenvalue weighted by atomic mass is 16.5. The van der Waals surface area contributed by atoms with Gasteiger partial charge in [0.05, 0.1) is 5.92 Å². The Morgan fingerprint density at radius 2 is 1.63 bits per heavy atom. The third-order valence-electron chi connectivity index (χ3n) is 6.87. The molecule has 1 fully saturated rings. The largest absolute Gasteiger partial charge is 0.484 e. The molecule has 0 saturated carbocycles. The van der Waals surface area contributed by atoms with Gasteiger partial charge in [0, 0.05) is 30.9 Å². The van der Waals surface area contributed by atoms with Gasteiger partial charge in [0.15, 0.2) is 6.61 Å². The molecule has 38 heavy (non-hydrogen) atoms. The first-order valence-corrected chi connectivity index (χ1v) is 13.0. The van der Waals surface area contributed by atoms with Crippen molar-refractivity contribution in [3.8, 4) is 5.75 Å². The molecular weight excluding hydrogens is 478 g/mol. The van der Waals surface area contributed by atoms with Crippen LogP contribution in [0, 0.1) is 19.8 Å². The summed E-state index contributed by atoms with van der Waals surface area (Å²) in [4.78, 5) is 39.4. The number of hydrogen-bond acceptors (Lipinski definition) is 4. The molecule has 0 unspecified atom stereocenters. The Kier molecular flexibility index (Phi) is 8.46. The van der Waals surface area contributed by atoms with Gasteiger partial charge in [0.1, 0.15) is 5.75 Å². The number of ether oxygens (including phenoxy) is 1. The van der Waals surface area contributed by atoms with Gasteiger partial charge in [-0.1, -0.05) is 56.3 Å². The van der Waals surface area contributed by atoms with E-state index in [1.165, 1.54) is 5.56 Å². The van der Waals surface area contributed by atoms with Crippen LogP contribution in [0.5, 0.6) is 5.75 Å². The van der Waals surface area contributed by atoms with E-state index in [9.17, 15) is 14.4 Å². The van der Waals surface area contributed by atoms with Crippen LogP contribution in [0.1, 0.15) is 48.4 Å². The first kappa shape index (κ1) is 26.9. The van der Waals surface area contributed by atoms with E-state index in [1.54, 1.807) is 29.2 Å². The lowest BCUT2D eigenvalue weighted by molar-refractivity contribution is -0.126. The van der Waals surface area contributed by atoms with Crippen LogP contribution in [0.4, 0.5) is 11.4 Å². The highest BCUT2D eigenvalue weighted by molar-refractivity contribution is 6.00. The molecule has 0 aliphatic carbocycles. The van der Waals surface area contributed by atoms with Crippen LogP contribution in [-0.2, 0) is 20.9 Å². The van der Waals surface area contributed by atoms with Crippen molar-refractivity contribution in [2.75, 3.05) is 23.4 Å². The van der Waals surface area contributed by atoms with Crippen LogP contribution in [0.3, 0.4) is 0 Å². The van der Waals surface area contributed by atoms with Crippen LogP contribution < -0.4 is 20.3 Å². The van der Waals surface area contributed by atoms with E-state index in [0.717, 1.165) is 22.4 Å². The zero-order valence-electron chi connectivity index (χ0n) is 22.4. The number of para-hydroxylation sites is 1. The number of nitrogens with one attached hydrogen (secondary N) is 2. The standard InChI is InChI=1S/C31H35N3O4/c1-20(2)24-10-8-23(9-11-24)17-32-31(37)25-16-29(36)34(18-25)26-12-14-27(15-13-26)38-19-28(35)33-30-21(3)6-5-7-22(30)4/h5-15,20,25H,16-19H2,1-4H3,(H,32,37)(H,33,35)/t25-/m0/s1. The molecule has 1 aliphatic rings. The highest BCUT2D eigenvalue weighted by Crippen LogP contribution is 2.27. The van der Waals surface area contributed by atoms with Crippen LogP contribution in [0.15, 0.2) is 66.7 Å². The average molecular weight is 514 g/mol. The molecule has 7 heteroatoms. The average Bonchev–Trinajstić information content (AvgIpc) is 3.30. The van der Waals surface area contributed by atoms with Crippen molar-refractivity contribution in [3.05, 3.63) is 89.0 Å². The van der Waals surface area contributed by atoms with Gasteiger partial charge in [-0.2, -0.15) is 0 Å². The number of carbonyl (C=O) groups is 3. The summed E-state index contributed by atoms with van der Waals surface area (Å²) in [6, 6.07) is 21.0. The Morgan fingerprint density at radius 1 is 0.974 bits per heavy atom. The normalized spacial score (nSPS) is 15.0. The third kappa shape index (κ3) is 6.59. The molecule has 1 heterocycles. The van der Waals surface area contributed by atoms with E-state index in [2.05, 4.69) is 36.6 Å². The Morgan fingerprint density at radius 3 is 2.26 bits per heavy atom. The minimum atomic E-state index is -0.401. The fourth-order valence-corrected chi connectivity index (χ4v) is 4.54. The smallest absolute Gasteiger partial charge is 0.262 e. The van der Waals surface area contributed by atoms with E-state index in [0.29, 0.717) is 30.4 Å². The summed E-state index contributed by atoms with van der Waals surface area (Å²) in [5.41, 5.74) is 5.76. The SMILES string of the molecule is Cc1cccc(C)c1NC(=O)COc1ccc(N2C[C@@H](C(=O)NCc3ccc(C(C)C)cc3)CC2=O)cc1. The molecule has 2 N–H and O–H groups in total. The second kappa shape index (κ2) is 11.9. The van der Waals surface area contributed by atoms with E-state index < -0.39 is 5.92 Å². The van der Waals surface area contributed by atoms with Gasteiger partial charge in [-0.05, 0) is 66.3 Å². The predicted octanol–water partition coefficient (Wildman–Crippen LogP) is 5.11. The third-order valence-corrected chi connectivity index (χ3v) is 6.87. The second-order valence-corrected chi connectivity index (χ2v) is 10.1. The molecule has 1 aliphatic heterocycles. The lowest BCUT2D eigenvalue weighted by Crippen LogP contribution is -2.32. The summed E-state index contributed by atoms with van der Waals surface area (Å²) in [6.07, 6.45) is 0.175. The summed E-state index contributed by atoms with van der Waals surface area (Å²) in [7, 11) is 0. The van der Waals surface area contributed by atoms with Crippen molar-refractivity contribution in [2.24, 2.45) is 5.92 Å². The minimum absolute atomic E-state index is 0.0897. The Hall–Kier alpha value is -4.13. The van der Waals surface area contributed by atoms with Gasteiger partial charge in [0.25, 0.3) is 5.91 Å². The van der Waals surface area contributed by atoms with Crippen LogP contribution >= 0.6 is 0 Å². The fourth-order valence-electron chi connectivity index (χ4n) is 4.54. The molecule has 198 valence electrons. The molecule has 3 aromatic carbocycles. The summed E-state index contributed by atoms with van der Waals surface area (Å²) < 4.78 is 5.64. The molecule has 7 nitrogen and oxygen atoms in total. The lowest BCUT2D eigenvalue weighted by Gasteiger charge is -2.17. The van der Waals surface area contributed by atoms with Gasteiger partial charge >= 0.3 is 0 Å². The monoisotopic (exact) mass is 513 g/mol. The number of rotatable bonds is 9. The quantitative estimate of drug-likeness (QED) is 0.416. The van der Waals surface area contributed by atoms with Crippen LogP contribution in [-0.4, -0.2) is 30.9 Å². The molecule has 3 amide bonds. The summed E-state index contributed by atoms with van der Waals surface area (Å²) in [5, 5.41) is 5.87. The topological polar surface area (TPSA) is 87.7 Å². The first-order chi connectivity index (χ1) is 18.2. The molecule has 0 bridgehead atoms. The van der Waals surface area contributed by atoms with Crippen molar-refractivity contribution >= 4 is 29.1 Å². The van der Waals surface area contributed by atoms with Gasteiger partial charge in [-0.25, -0.2) is 0 Å². The summed E-state index contributed by atoms with van der Waals surface area (Å²) in [6.45, 7) is 8.82. The molecule has 0 radical (unpaired) electrons. The zero-order chi connectivity index (χ0) is 27.2. The number of amides is 3. The number of hydrogen-bond donors (Lipinski definition) is 2. The zero-order valence-corrected chi connectivity index (χ0v) is 22.4. The Balaban J connectivity index is 1.27. The van der Waals surface area contributed by atoms with E-state index >= 15 is 0 Å². The van der Waals surface area contributed by atoms with Gasteiger partial charge in [-0.3, -0.25) is 14.4 Å². The number of carbonyl (C=O) groups excluding carboxylic acids is 3. The van der Waals surface area contributed by atoms with Gasteiger partial charge in [-0.15, -0.1) is 0 Å². The maximum atomic E-state index is 12.7. The van der Waals surface area contributed by atoms with Crippen molar-refractivity contribution in [1.29, 1.82) is 0 Å². The number of anilines is 2. The van der Waals surface area contributed by atoms with E-state index in [4.69, 9.17) is 4.74 Å². The molecule has 1 saturated heterocycles. The molecule has 0 spiro atoms. The number of benzene rings is 3. The minimum Gasteiger partial charge on any atom is -0.484 e. The highest BCUT2D eigenvalue weighted by Gasteiger charge is 2.35. The fraction of sp³-hybridized carbons (Fsp3) is 0.323. The molecule has 0 aromatic heterocycles. The van der Waals surface area contributed by atoms with Gasteiger partial charge in [0.2, 0.25) is 11.8 Å². The number of aryl methyl sites for hydroxylation is 2. The molecule has 4 rings (SSSR count). The maximum Gasteiger partial charge on any atom is 0.262 e. The van der Waals surface area contributed by atoms with Gasteiger partial charge < -0.3 is 20.3 Å². The van der Waals surface area contributed by atoms with Crippen molar-refractivity contribution in [3.63, 3.8) is 0 Å². The first-order valence-electron chi connectivity index (χ1n) is 13.0. The van der Waals surface area contributed by atoms with Crippen LogP contribution in [0.25, 0.3) is 0 Å². The predicted molar refractivity (Wildman–Crippen MR) is 149 cm³/mol. The summed E-state index contributed by atoms with van der Waals surface area (Å²) in [5.74, 6) is 0.127. The lowest BCUT2D eigenvalue weighted by atomic mass is 10.0. The Bertz CT molecular complexity index is 1280. The Labute approximate surface area is 224 Å². The maximum absolute atomic E-state index is 12.7.